The van der Waals surface area contributed by atoms with E-state index in [2.05, 4.69) is 10.6 Å². The van der Waals surface area contributed by atoms with Crippen molar-refractivity contribution in [1.82, 2.24) is 10.6 Å². The molecule has 2 atom stereocenters. The first-order chi connectivity index (χ1) is 11.2. The number of benzene rings is 2. The van der Waals surface area contributed by atoms with Gasteiger partial charge in [-0.3, -0.25) is 4.79 Å². The molecule has 1 saturated heterocycles. The van der Waals surface area contributed by atoms with E-state index in [1.807, 2.05) is 54.6 Å². The van der Waals surface area contributed by atoms with Crippen molar-refractivity contribution in [3.8, 4) is 0 Å². The van der Waals surface area contributed by atoms with E-state index in [1.165, 1.54) is 0 Å². The molecule has 0 aliphatic carbocycles. The Morgan fingerprint density at radius 1 is 1.08 bits per heavy atom. The molecule has 0 bridgehead atoms. The van der Waals surface area contributed by atoms with Crippen LogP contribution in [0.1, 0.15) is 30.0 Å². The topological polar surface area (TPSA) is 41.1 Å². The molecular weight excluding hydrogens is 343 g/mol. The summed E-state index contributed by atoms with van der Waals surface area (Å²) >= 11 is 5.99. The molecule has 0 saturated carbocycles. The van der Waals surface area contributed by atoms with Gasteiger partial charge in [0.2, 0.25) is 5.91 Å². The quantitative estimate of drug-likeness (QED) is 0.861. The molecule has 0 radical (unpaired) electrons. The first kappa shape index (κ1) is 18.8. The molecule has 2 aromatic carbocycles. The number of carbonyl (C=O) groups is 1. The van der Waals surface area contributed by atoms with Crippen LogP contribution in [0, 0.1) is 5.92 Å². The molecule has 2 N–H and O–H groups in total. The van der Waals surface area contributed by atoms with Gasteiger partial charge in [0.15, 0.2) is 0 Å². The minimum Gasteiger partial charge on any atom is -0.345 e. The zero-order chi connectivity index (χ0) is 16.1. The second-order valence-corrected chi connectivity index (χ2v) is 6.38. The van der Waals surface area contributed by atoms with Crippen LogP contribution in [-0.4, -0.2) is 19.0 Å². The van der Waals surface area contributed by atoms with E-state index < -0.39 is 0 Å². The first-order valence-corrected chi connectivity index (χ1v) is 8.43. The highest BCUT2D eigenvalue weighted by Gasteiger charge is 2.24. The summed E-state index contributed by atoms with van der Waals surface area (Å²) in [5.41, 5.74) is 2.12. The van der Waals surface area contributed by atoms with Gasteiger partial charge in [0.25, 0.3) is 0 Å². The van der Waals surface area contributed by atoms with E-state index in [0.29, 0.717) is 5.02 Å². The van der Waals surface area contributed by atoms with Crippen molar-refractivity contribution in [3.05, 3.63) is 70.7 Å². The minimum atomic E-state index is -0.150. The average Bonchev–Trinajstić information content (AvgIpc) is 2.62. The zero-order valence-electron chi connectivity index (χ0n) is 13.4. The van der Waals surface area contributed by atoms with Crippen LogP contribution in [0.25, 0.3) is 0 Å². The summed E-state index contributed by atoms with van der Waals surface area (Å²) in [7, 11) is 0. The van der Waals surface area contributed by atoms with Crippen molar-refractivity contribution in [3.63, 3.8) is 0 Å². The molecule has 3 rings (SSSR count). The Kier molecular flexibility index (Phi) is 7.10. The lowest BCUT2D eigenvalue weighted by Gasteiger charge is -2.26. The number of hydrogen-bond acceptors (Lipinski definition) is 2. The van der Waals surface area contributed by atoms with E-state index in [-0.39, 0.29) is 30.3 Å². The van der Waals surface area contributed by atoms with Crippen LogP contribution < -0.4 is 10.6 Å². The summed E-state index contributed by atoms with van der Waals surface area (Å²) in [5, 5.41) is 7.21. The Morgan fingerprint density at radius 2 is 1.75 bits per heavy atom. The van der Waals surface area contributed by atoms with E-state index >= 15 is 0 Å². The number of carbonyl (C=O) groups excluding carboxylic acids is 1. The molecule has 1 amide bonds. The van der Waals surface area contributed by atoms with Crippen molar-refractivity contribution in [2.75, 3.05) is 13.1 Å². The molecule has 1 fully saturated rings. The number of hydrogen-bond donors (Lipinski definition) is 2. The van der Waals surface area contributed by atoms with Crippen molar-refractivity contribution in [2.24, 2.45) is 5.92 Å². The summed E-state index contributed by atoms with van der Waals surface area (Å²) in [6.45, 7) is 1.76. The van der Waals surface area contributed by atoms with Crippen LogP contribution in [0.4, 0.5) is 0 Å². The van der Waals surface area contributed by atoms with Gasteiger partial charge in [-0.15, -0.1) is 12.4 Å². The second kappa shape index (κ2) is 9.07. The molecule has 5 heteroatoms. The zero-order valence-corrected chi connectivity index (χ0v) is 14.9. The number of halogens is 2. The predicted octanol–water partition coefficient (Wildman–Crippen LogP) is 3.97. The third kappa shape index (κ3) is 4.73. The molecule has 0 spiro atoms. The van der Waals surface area contributed by atoms with Gasteiger partial charge >= 0.3 is 0 Å². The highest BCUT2D eigenvalue weighted by atomic mass is 35.5. The Hall–Kier alpha value is -1.55. The van der Waals surface area contributed by atoms with Crippen LogP contribution in [0.5, 0.6) is 0 Å². The highest BCUT2D eigenvalue weighted by Crippen LogP contribution is 2.24. The summed E-state index contributed by atoms with van der Waals surface area (Å²) in [6, 6.07) is 17.6. The SMILES string of the molecule is Cl.O=C(NC(c1ccccc1)c1ccc(Cl)cc1)C1CCCNC1. The van der Waals surface area contributed by atoms with Crippen molar-refractivity contribution in [1.29, 1.82) is 0 Å². The molecule has 128 valence electrons. The second-order valence-electron chi connectivity index (χ2n) is 5.95. The number of nitrogens with one attached hydrogen (secondary N) is 2. The smallest absolute Gasteiger partial charge is 0.225 e. The molecule has 1 aliphatic heterocycles. The molecule has 0 aromatic heterocycles. The van der Waals surface area contributed by atoms with Gasteiger partial charge < -0.3 is 10.6 Å². The van der Waals surface area contributed by atoms with Crippen LogP contribution in [0.3, 0.4) is 0 Å². The largest absolute Gasteiger partial charge is 0.345 e. The molecule has 1 heterocycles. The highest BCUT2D eigenvalue weighted by molar-refractivity contribution is 6.30. The number of rotatable bonds is 4. The Bertz CT molecular complexity index is 640. The summed E-state index contributed by atoms with van der Waals surface area (Å²) in [5.74, 6) is 0.156. The summed E-state index contributed by atoms with van der Waals surface area (Å²) in [4.78, 5) is 12.6. The van der Waals surface area contributed by atoms with Gasteiger partial charge in [0, 0.05) is 11.6 Å². The van der Waals surface area contributed by atoms with E-state index in [0.717, 1.165) is 37.1 Å². The lowest BCUT2D eigenvalue weighted by molar-refractivity contribution is -0.126. The van der Waals surface area contributed by atoms with Crippen LogP contribution in [0.15, 0.2) is 54.6 Å². The predicted molar refractivity (Wildman–Crippen MR) is 101 cm³/mol. The van der Waals surface area contributed by atoms with Gasteiger partial charge in [-0.2, -0.15) is 0 Å². The maximum absolute atomic E-state index is 12.6. The number of piperidine rings is 1. The van der Waals surface area contributed by atoms with E-state index in [4.69, 9.17) is 11.6 Å². The average molecular weight is 365 g/mol. The van der Waals surface area contributed by atoms with Gasteiger partial charge in [-0.05, 0) is 42.6 Å². The van der Waals surface area contributed by atoms with Crippen LogP contribution >= 0.6 is 24.0 Å². The monoisotopic (exact) mass is 364 g/mol. The first-order valence-electron chi connectivity index (χ1n) is 8.05. The summed E-state index contributed by atoms with van der Waals surface area (Å²) < 4.78 is 0. The van der Waals surface area contributed by atoms with Gasteiger partial charge in [0.1, 0.15) is 0 Å². The van der Waals surface area contributed by atoms with Crippen molar-refractivity contribution in [2.45, 2.75) is 18.9 Å². The fourth-order valence-electron chi connectivity index (χ4n) is 3.00. The molecule has 2 unspecified atom stereocenters. The molecule has 2 aromatic rings. The van der Waals surface area contributed by atoms with E-state index in [1.54, 1.807) is 0 Å². The fraction of sp³-hybridized carbons (Fsp3) is 0.316. The van der Waals surface area contributed by atoms with Gasteiger partial charge in [-0.1, -0.05) is 54.1 Å². The minimum absolute atomic E-state index is 0. The molecule has 24 heavy (non-hydrogen) atoms. The molecule has 3 nitrogen and oxygen atoms in total. The molecule has 1 aliphatic rings. The fourth-order valence-corrected chi connectivity index (χ4v) is 3.12. The van der Waals surface area contributed by atoms with Gasteiger partial charge in [0.05, 0.1) is 12.0 Å². The summed E-state index contributed by atoms with van der Waals surface area (Å²) in [6.07, 6.45) is 2.00. The Balaban J connectivity index is 0.00000208. The maximum atomic E-state index is 12.6. The van der Waals surface area contributed by atoms with Crippen molar-refractivity contribution >= 4 is 29.9 Å². The third-order valence-electron chi connectivity index (χ3n) is 4.29. The van der Waals surface area contributed by atoms with Gasteiger partial charge in [-0.25, -0.2) is 0 Å². The maximum Gasteiger partial charge on any atom is 0.225 e. The molecular formula is C19H22Cl2N2O. The Morgan fingerprint density at radius 3 is 2.38 bits per heavy atom. The van der Waals surface area contributed by atoms with E-state index in [9.17, 15) is 4.79 Å². The van der Waals surface area contributed by atoms with Crippen molar-refractivity contribution < 1.29 is 4.79 Å². The lowest BCUT2D eigenvalue weighted by Crippen LogP contribution is -2.42. The standard InChI is InChI=1S/C19H21ClN2O.ClH/c20-17-10-8-15(9-11-17)18(14-5-2-1-3-6-14)22-19(23)16-7-4-12-21-13-16;/h1-3,5-6,8-11,16,18,21H,4,7,12-13H2,(H,22,23);1H. The van der Waals surface area contributed by atoms with Crippen LogP contribution in [0.2, 0.25) is 5.02 Å². The third-order valence-corrected chi connectivity index (χ3v) is 4.54. The lowest BCUT2D eigenvalue weighted by atomic mass is 9.95. The Labute approximate surface area is 154 Å². The normalized spacial score (nSPS) is 18.3. The van der Waals surface area contributed by atoms with Crippen LogP contribution in [-0.2, 0) is 4.79 Å². The number of amides is 1.